The molecule has 2 saturated heterocycles. The van der Waals surface area contributed by atoms with E-state index in [9.17, 15) is 9.59 Å². The van der Waals surface area contributed by atoms with Crippen LogP contribution in [0.4, 0.5) is 17.3 Å². The lowest BCUT2D eigenvalue weighted by Gasteiger charge is -2.36. The number of rotatable bonds is 4. The van der Waals surface area contributed by atoms with Crippen molar-refractivity contribution in [2.24, 2.45) is 0 Å². The minimum Gasteiger partial charge on any atom is -0.441 e. The van der Waals surface area contributed by atoms with Crippen molar-refractivity contribution in [2.45, 2.75) is 26.7 Å². The lowest BCUT2D eigenvalue weighted by atomic mass is 10.1. The van der Waals surface area contributed by atoms with Gasteiger partial charge in [0, 0.05) is 19.2 Å². The molecule has 0 bridgehead atoms. The molecule has 3 heterocycles. The summed E-state index contributed by atoms with van der Waals surface area (Å²) in [6.45, 7) is 5.88. The van der Waals surface area contributed by atoms with Gasteiger partial charge in [0.05, 0.1) is 11.4 Å². The molecular formula is C27H25N3O3S. The van der Waals surface area contributed by atoms with Gasteiger partial charge in [-0.25, -0.2) is 0 Å². The van der Waals surface area contributed by atoms with Gasteiger partial charge >= 0.3 is 0 Å². The van der Waals surface area contributed by atoms with Gasteiger partial charge in [0.2, 0.25) is 0 Å². The molecule has 2 amide bonds. The van der Waals surface area contributed by atoms with Crippen LogP contribution in [0.25, 0.3) is 6.08 Å². The smallest absolute Gasteiger partial charge is 0.270 e. The van der Waals surface area contributed by atoms with Crippen LogP contribution >= 0.6 is 12.2 Å². The van der Waals surface area contributed by atoms with E-state index in [4.69, 9.17) is 16.6 Å². The second-order valence-corrected chi connectivity index (χ2v) is 8.96. The zero-order chi connectivity index (χ0) is 23.8. The van der Waals surface area contributed by atoms with Crippen molar-refractivity contribution in [3.05, 3.63) is 83.1 Å². The van der Waals surface area contributed by atoms with E-state index in [2.05, 4.69) is 4.90 Å². The number of nitrogens with zero attached hydrogens (tertiary/aromatic N) is 3. The van der Waals surface area contributed by atoms with Crippen LogP contribution < -0.4 is 14.7 Å². The van der Waals surface area contributed by atoms with E-state index in [0.29, 0.717) is 17.1 Å². The molecule has 0 aliphatic carbocycles. The van der Waals surface area contributed by atoms with Gasteiger partial charge in [-0.15, -0.1) is 0 Å². The summed E-state index contributed by atoms with van der Waals surface area (Å²) in [5.74, 6) is 0.269. The first-order valence-corrected chi connectivity index (χ1v) is 11.8. The standard InChI is InChI=1S/C27H25N3O3S/c1-18-10-11-21(16-19(18)2)30-26(32)23(17-22-12-13-24(33-22)28-14-6-7-15-28)25(31)29(27(30)34)20-8-4-3-5-9-20/h3-5,8-13,16-17H,6-7,14-15H2,1-2H3/b23-17-. The first-order chi connectivity index (χ1) is 16.4. The molecule has 2 fully saturated rings. The fourth-order valence-corrected chi connectivity index (χ4v) is 4.67. The van der Waals surface area contributed by atoms with Crippen LogP contribution in [0, 0.1) is 13.8 Å². The van der Waals surface area contributed by atoms with Gasteiger partial charge < -0.3 is 9.32 Å². The second kappa shape index (κ2) is 8.91. The van der Waals surface area contributed by atoms with E-state index in [1.54, 1.807) is 18.2 Å². The maximum atomic E-state index is 13.7. The number of para-hydroxylation sites is 1. The Kier molecular flexibility index (Phi) is 5.79. The average molecular weight is 472 g/mol. The third-order valence-electron chi connectivity index (χ3n) is 6.33. The molecule has 3 aromatic rings. The topological polar surface area (TPSA) is 57.0 Å². The van der Waals surface area contributed by atoms with Crippen molar-refractivity contribution in [3.63, 3.8) is 0 Å². The highest BCUT2D eigenvalue weighted by atomic mass is 32.1. The molecule has 0 unspecified atom stereocenters. The van der Waals surface area contributed by atoms with Crippen molar-refractivity contribution < 1.29 is 14.0 Å². The van der Waals surface area contributed by atoms with E-state index in [-0.39, 0.29) is 10.7 Å². The Hall–Kier alpha value is -3.71. The van der Waals surface area contributed by atoms with Crippen LogP contribution in [0.15, 0.2) is 70.7 Å². The molecule has 5 rings (SSSR count). The summed E-state index contributed by atoms with van der Waals surface area (Å²) < 4.78 is 5.99. The molecule has 0 spiro atoms. The van der Waals surface area contributed by atoms with E-state index in [1.165, 1.54) is 15.9 Å². The summed E-state index contributed by atoms with van der Waals surface area (Å²) >= 11 is 5.69. The van der Waals surface area contributed by atoms with Crippen molar-refractivity contribution in [1.29, 1.82) is 0 Å². The zero-order valence-electron chi connectivity index (χ0n) is 19.2. The molecule has 172 valence electrons. The average Bonchev–Trinajstić information content (AvgIpc) is 3.52. The van der Waals surface area contributed by atoms with Gasteiger partial charge in [-0.1, -0.05) is 24.3 Å². The first kappa shape index (κ1) is 22.1. The Morgan fingerprint density at radius 1 is 0.824 bits per heavy atom. The fourth-order valence-electron chi connectivity index (χ4n) is 4.30. The minimum atomic E-state index is -0.472. The Morgan fingerprint density at radius 3 is 2.18 bits per heavy atom. The molecular weight excluding hydrogens is 446 g/mol. The molecule has 2 aliphatic heterocycles. The number of benzene rings is 2. The molecule has 0 N–H and O–H groups in total. The van der Waals surface area contributed by atoms with Gasteiger partial charge in [-0.05, 0) is 86.4 Å². The Balaban J connectivity index is 1.59. The molecule has 1 aromatic heterocycles. The van der Waals surface area contributed by atoms with Crippen LogP contribution in [-0.4, -0.2) is 30.0 Å². The van der Waals surface area contributed by atoms with Crippen molar-refractivity contribution in [3.8, 4) is 0 Å². The number of thiocarbonyl (C=S) groups is 1. The minimum absolute atomic E-state index is 0.00185. The highest BCUT2D eigenvalue weighted by molar-refractivity contribution is 7.81. The van der Waals surface area contributed by atoms with Gasteiger partial charge in [-0.3, -0.25) is 19.4 Å². The van der Waals surface area contributed by atoms with Crippen LogP contribution in [0.5, 0.6) is 0 Å². The second-order valence-electron chi connectivity index (χ2n) is 8.60. The molecule has 7 heteroatoms. The number of hydrogen-bond donors (Lipinski definition) is 0. The maximum Gasteiger partial charge on any atom is 0.270 e. The summed E-state index contributed by atoms with van der Waals surface area (Å²) in [5.41, 5.74) is 3.36. The van der Waals surface area contributed by atoms with Gasteiger partial charge in [0.25, 0.3) is 11.8 Å². The van der Waals surface area contributed by atoms with Crippen molar-refractivity contribution in [1.82, 2.24) is 0 Å². The van der Waals surface area contributed by atoms with Crippen molar-refractivity contribution >= 4 is 52.5 Å². The van der Waals surface area contributed by atoms with Crippen molar-refractivity contribution in [2.75, 3.05) is 27.8 Å². The molecule has 0 atom stereocenters. The number of anilines is 3. The normalized spacial score (nSPS) is 17.9. The summed E-state index contributed by atoms with van der Waals surface area (Å²) in [6.07, 6.45) is 3.78. The number of carbonyl (C=O) groups excluding carboxylic acids is 2. The summed E-state index contributed by atoms with van der Waals surface area (Å²) in [7, 11) is 0. The molecule has 0 saturated carbocycles. The Labute approximate surface area is 204 Å². The fraction of sp³-hybridized carbons (Fsp3) is 0.222. The monoisotopic (exact) mass is 471 g/mol. The molecule has 34 heavy (non-hydrogen) atoms. The number of furan rings is 1. The van der Waals surface area contributed by atoms with Gasteiger partial charge in [0.1, 0.15) is 11.3 Å². The highest BCUT2D eigenvalue weighted by Gasteiger charge is 2.41. The lowest BCUT2D eigenvalue weighted by molar-refractivity contribution is -0.120. The highest BCUT2D eigenvalue weighted by Crippen LogP contribution is 2.32. The van der Waals surface area contributed by atoms with Gasteiger partial charge in [-0.2, -0.15) is 0 Å². The van der Waals surface area contributed by atoms with Crippen LogP contribution in [0.1, 0.15) is 29.7 Å². The SMILES string of the molecule is Cc1ccc(N2C(=O)/C(=C\c3ccc(N4CCCC4)o3)C(=O)N(c3ccccc3)C2=S)cc1C. The first-order valence-electron chi connectivity index (χ1n) is 11.4. The number of hydrogen-bond acceptors (Lipinski definition) is 5. The third-order valence-corrected chi connectivity index (χ3v) is 6.69. The van der Waals surface area contributed by atoms with Gasteiger partial charge in [0.15, 0.2) is 11.0 Å². The van der Waals surface area contributed by atoms with Crippen LogP contribution in [0.3, 0.4) is 0 Å². The number of aryl methyl sites for hydroxylation is 2. The van der Waals surface area contributed by atoms with Crippen LogP contribution in [0.2, 0.25) is 0 Å². The third kappa shape index (κ3) is 3.92. The molecule has 0 radical (unpaired) electrons. The number of amides is 2. The predicted octanol–water partition coefficient (Wildman–Crippen LogP) is 5.24. The zero-order valence-corrected chi connectivity index (χ0v) is 20.0. The maximum absolute atomic E-state index is 13.7. The van der Waals surface area contributed by atoms with E-state index in [0.717, 1.165) is 42.9 Å². The summed E-state index contributed by atoms with van der Waals surface area (Å²) in [4.78, 5) is 32.2. The van der Waals surface area contributed by atoms with E-state index in [1.807, 2.05) is 56.3 Å². The number of carbonyl (C=O) groups is 2. The molecule has 6 nitrogen and oxygen atoms in total. The predicted molar refractivity (Wildman–Crippen MR) is 138 cm³/mol. The Bertz CT molecular complexity index is 1310. The van der Waals surface area contributed by atoms with Crippen LogP contribution in [-0.2, 0) is 9.59 Å². The van der Waals surface area contributed by atoms with E-state index >= 15 is 0 Å². The molecule has 2 aromatic carbocycles. The summed E-state index contributed by atoms with van der Waals surface area (Å²) in [5, 5.41) is 0.124. The largest absolute Gasteiger partial charge is 0.441 e. The lowest BCUT2D eigenvalue weighted by Crippen LogP contribution is -2.57. The van der Waals surface area contributed by atoms with E-state index < -0.39 is 11.8 Å². The molecule has 2 aliphatic rings. The Morgan fingerprint density at radius 2 is 1.50 bits per heavy atom. The quantitative estimate of drug-likeness (QED) is 0.296. The summed E-state index contributed by atoms with van der Waals surface area (Å²) in [6, 6.07) is 18.5.